The molecule has 0 spiro atoms. The zero-order valence-corrected chi connectivity index (χ0v) is 12.6. The van der Waals surface area contributed by atoms with Gasteiger partial charge in [0.05, 0.1) is 18.5 Å². The van der Waals surface area contributed by atoms with E-state index in [1.807, 2.05) is 29.3 Å². The molecule has 2 aromatic heterocycles. The van der Waals surface area contributed by atoms with Gasteiger partial charge >= 0.3 is 0 Å². The third kappa shape index (κ3) is 3.16. The van der Waals surface area contributed by atoms with Crippen LogP contribution in [0.15, 0.2) is 33.2 Å². The van der Waals surface area contributed by atoms with Gasteiger partial charge < -0.3 is 15.1 Å². The second kappa shape index (κ2) is 6.32. The van der Waals surface area contributed by atoms with E-state index in [1.54, 1.807) is 17.6 Å². The van der Waals surface area contributed by atoms with E-state index in [-0.39, 0.29) is 0 Å². The molecule has 20 heavy (non-hydrogen) atoms. The molecule has 3 heterocycles. The van der Waals surface area contributed by atoms with Gasteiger partial charge in [0.1, 0.15) is 0 Å². The lowest BCUT2D eigenvalue weighted by atomic mass is 10.4. The molecular formula is C13H16N4OS2. The summed E-state index contributed by atoms with van der Waals surface area (Å²) < 4.78 is 5.33. The summed E-state index contributed by atoms with van der Waals surface area (Å²) in [6.45, 7) is 2.48. The molecule has 0 saturated carbocycles. The summed E-state index contributed by atoms with van der Waals surface area (Å²) in [6, 6.07) is 3.77. The predicted molar refractivity (Wildman–Crippen MR) is 84.0 cm³/mol. The van der Waals surface area contributed by atoms with Crippen molar-refractivity contribution in [2.24, 2.45) is 10.7 Å². The molecule has 0 radical (unpaired) electrons. The lowest BCUT2D eigenvalue weighted by molar-refractivity contribution is 0.455. The number of hydrogen-bond donors (Lipinski definition) is 1. The van der Waals surface area contributed by atoms with E-state index >= 15 is 0 Å². The number of aromatic nitrogens is 1. The molecule has 5 nitrogen and oxygen atoms in total. The molecule has 2 aromatic rings. The van der Waals surface area contributed by atoms with E-state index in [0.717, 1.165) is 41.1 Å². The maximum atomic E-state index is 6.02. The Balaban J connectivity index is 1.63. The molecule has 0 aromatic carbocycles. The third-order valence-electron chi connectivity index (χ3n) is 3.02. The van der Waals surface area contributed by atoms with Crippen molar-refractivity contribution >= 4 is 29.1 Å². The summed E-state index contributed by atoms with van der Waals surface area (Å²) >= 11 is 3.52. The van der Waals surface area contributed by atoms with Crippen molar-refractivity contribution in [3.8, 4) is 10.8 Å². The Morgan fingerprint density at radius 2 is 2.30 bits per heavy atom. The van der Waals surface area contributed by atoms with E-state index < -0.39 is 0 Å². The maximum Gasteiger partial charge on any atom is 0.191 e. The highest BCUT2D eigenvalue weighted by Gasteiger charge is 2.12. The van der Waals surface area contributed by atoms with Gasteiger partial charge in [0.25, 0.3) is 0 Å². The molecule has 1 fully saturated rings. The van der Waals surface area contributed by atoms with Gasteiger partial charge in [-0.15, -0.1) is 11.3 Å². The van der Waals surface area contributed by atoms with E-state index in [2.05, 4.69) is 14.9 Å². The van der Waals surface area contributed by atoms with Crippen LogP contribution >= 0.6 is 23.1 Å². The van der Waals surface area contributed by atoms with Crippen molar-refractivity contribution in [1.82, 2.24) is 9.88 Å². The molecule has 2 N–H and O–H groups in total. The molecule has 106 valence electrons. The minimum atomic E-state index is 0.521. The lowest BCUT2D eigenvalue weighted by Crippen LogP contribution is -2.42. The number of hydrogen-bond acceptors (Lipinski definition) is 5. The SMILES string of the molecule is NC(=NCc1csc(-c2ccco2)n1)N1CCSCC1. The smallest absolute Gasteiger partial charge is 0.191 e. The van der Waals surface area contributed by atoms with Crippen LogP contribution in [0.1, 0.15) is 5.69 Å². The Morgan fingerprint density at radius 3 is 3.05 bits per heavy atom. The largest absolute Gasteiger partial charge is 0.462 e. The number of nitrogens with zero attached hydrogens (tertiary/aromatic N) is 3. The molecule has 0 unspecified atom stereocenters. The van der Waals surface area contributed by atoms with Crippen LogP contribution in [-0.2, 0) is 6.54 Å². The standard InChI is InChI=1S/C13H16N4OS2/c14-13(17-3-6-19-7-4-17)15-8-10-9-20-12(16-10)11-2-1-5-18-11/h1-2,5,9H,3-4,6-8H2,(H2,14,15). The molecular weight excluding hydrogens is 292 g/mol. The molecule has 0 atom stereocenters. The summed E-state index contributed by atoms with van der Waals surface area (Å²) in [5.74, 6) is 3.66. The summed E-state index contributed by atoms with van der Waals surface area (Å²) in [7, 11) is 0. The van der Waals surface area contributed by atoms with E-state index in [4.69, 9.17) is 10.2 Å². The highest BCUT2D eigenvalue weighted by molar-refractivity contribution is 7.99. The molecule has 0 bridgehead atoms. The average molecular weight is 308 g/mol. The normalized spacial score (nSPS) is 16.6. The number of furan rings is 1. The van der Waals surface area contributed by atoms with Crippen LogP contribution in [0.3, 0.4) is 0 Å². The van der Waals surface area contributed by atoms with Crippen molar-refractivity contribution in [3.05, 3.63) is 29.5 Å². The minimum Gasteiger partial charge on any atom is -0.462 e. The molecule has 0 amide bonds. The maximum absolute atomic E-state index is 6.02. The van der Waals surface area contributed by atoms with Crippen molar-refractivity contribution in [2.75, 3.05) is 24.6 Å². The van der Waals surface area contributed by atoms with E-state index in [1.165, 1.54) is 0 Å². The summed E-state index contributed by atoms with van der Waals surface area (Å²) in [5, 5.41) is 2.88. The second-order valence-electron chi connectivity index (χ2n) is 4.40. The average Bonchev–Trinajstić information content (AvgIpc) is 3.16. The van der Waals surface area contributed by atoms with Crippen LogP contribution in [0, 0.1) is 0 Å². The van der Waals surface area contributed by atoms with Crippen LogP contribution in [0.2, 0.25) is 0 Å². The van der Waals surface area contributed by atoms with Crippen molar-refractivity contribution in [1.29, 1.82) is 0 Å². The molecule has 1 aliphatic heterocycles. The van der Waals surface area contributed by atoms with Crippen LogP contribution in [0.25, 0.3) is 10.8 Å². The third-order valence-corrected chi connectivity index (χ3v) is 4.87. The van der Waals surface area contributed by atoms with Crippen LogP contribution in [0.5, 0.6) is 0 Å². The zero-order valence-electron chi connectivity index (χ0n) is 11.0. The first kappa shape index (κ1) is 13.5. The monoisotopic (exact) mass is 308 g/mol. The fourth-order valence-electron chi connectivity index (χ4n) is 1.95. The Bertz CT molecular complexity index is 573. The van der Waals surface area contributed by atoms with Crippen molar-refractivity contribution in [2.45, 2.75) is 6.54 Å². The van der Waals surface area contributed by atoms with Gasteiger partial charge in [0.15, 0.2) is 16.7 Å². The molecule has 1 saturated heterocycles. The fraction of sp³-hybridized carbons (Fsp3) is 0.385. The highest BCUT2D eigenvalue weighted by atomic mass is 32.2. The van der Waals surface area contributed by atoms with E-state index in [9.17, 15) is 0 Å². The topological polar surface area (TPSA) is 67.6 Å². The van der Waals surface area contributed by atoms with Crippen LogP contribution in [-0.4, -0.2) is 40.4 Å². The van der Waals surface area contributed by atoms with Gasteiger partial charge in [-0.25, -0.2) is 9.98 Å². The number of rotatable bonds is 3. The van der Waals surface area contributed by atoms with Gasteiger partial charge in [-0.05, 0) is 12.1 Å². The lowest BCUT2D eigenvalue weighted by Gasteiger charge is -2.27. The first-order chi connectivity index (χ1) is 9.83. The Morgan fingerprint density at radius 1 is 1.45 bits per heavy atom. The quantitative estimate of drug-likeness (QED) is 0.696. The first-order valence-corrected chi connectivity index (χ1v) is 8.47. The van der Waals surface area contributed by atoms with Crippen LogP contribution in [0.4, 0.5) is 0 Å². The Labute approximate surface area is 125 Å². The number of thioether (sulfide) groups is 1. The Kier molecular flexibility index (Phi) is 4.27. The minimum absolute atomic E-state index is 0.521. The number of aliphatic imine (C=N–C) groups is 1. The number of thiazole rings is 1. The van der Waals surface area contributed by atoms with Crippen molar-refractivity contribution < 1.29 is 4.42 Å². The summed E-state index contributed by atoms with van der Waals surface area (Å²) in [6.07, 6.45) is 1.65. The second-order valence-corrected chi connectivity index (χ2v) is 6.48. The molecule has 1 aliphatic rings. The highest BCUT2D eigenvalue weighted by Crippen LogP contribution is 2.24. The zero-order chi connectivity index (χ0) is 13.8. The first-order valence-electron chi connectivity index (χ1n) is 6.44. The van der Waals surface area contributed by atoms with Crippen LogP contribution < -0.4 is 5.73 Å². The fourth-order valence-corrected chi connectivity index (χ4v) is 3.63. The number of guanidine groups is 1. The summed E-state index contributed by atoms with van der Waals surface area (Å²) in [4.78, 5) is 11.1. The van der Waals surface area contributed by atoms with Gasteiger partial charge in [-0.3, -0.25) is 0 Å². The molecule has 0 aliphatic carbocycles. The van der Waals surface area contributed by atoms with Gasteiger partial charge in [0.2, 0.25) is 0 Å². The van der Waals surface area contributed by atoms with E-state index in [0.29, 0.717) is 12.5 Å². The van der Waals surface area contributed by atoms with Gasteiger partial charge in [-0.2, -0.15) is 11.8 Å². The van der Waals surface area contributed by atoms with Gasteiger partial charge in [-0.1, -0.05) is 0 Å². The van der Waals surface area contributed by atoms with Gasteiger partial charge in [0, 0.05) is 30.0 Å². The number of nitrogens with two attached hydrogens (primary N) is 1. The molecule has 7 heteroatoms. The van der Waals surface area contributed by atoms with Crippen molar-refractivity contribution in [3.63, 3.8) is 0 Å². The molecule has 3 rings (SSSR count). The summed E-state index contributed by atoms with van der Waals surface area (Å²) in [5.41, 5.74) is 6.95. The predicted octanol–water partition coefficient (Wildman–Crippen LogP) is 2.27. The Hall–Kier alpha value is -1.47.